The van der Waals surface area contributed by atoms with Crippen LogP contribution in [0.1, 0.15) is 67.4 Å². The van der Waals surface area contributed by atoms with E-state index in [1.807, 2.05) is 25.5 Å². The molecule has 1 aromatic carbocycles. The summed E-state index contributed by atoms with van der Waals surface area (Å²) in [5, 5.41) is 12.9. The van der Waals surface area contributed by atoms with Gasteiger partial charge in [0.15, 0.2) is 0 Å². The average Bonchev–Trinajstić information content (AvgIpc) is 3.29. The second-order valence-corrected chi connectivity index (χ2v) is 8.58. The fraction of sp³-hybridized carbons (Fsp3) is 0.500. The van der Waals surface area contributed by atoms with Gasteiger partial charge < -0.3 is 9.15 Å². The van der Waals surface area contributed by atoms with Crippen molar-refractivity contribution in [2.75, 3.05) is 0 Å². The van der Waals surface area contributed by atoms with Crippen molar-refractivity contribution < 1.29 is 9.15 Å². The quantitative estimate of drug-likeness (QED) is 0.643. The highest BCUT2D eigenvalue weighted by Crippen LogP contribution is 2.62. The van der Waals surface area contributed by atoms with Crippen LogP contribution in [0.3, 0.4) is 0 Å². The first-order chi connectivity index (χ1) is 13.6. The molecule has 6 nitrogen and oxygen atoms in total. The van der Waals surface area contributed by atoms with Crippen molar-refractivity contribution in [1.82, 2.24) is 20.0 Å². The van der Waals surface area contributed by atoms with E-state index in [1.54, 1.807) is 4.68 Å². The maximum Gasteiger partial charge on any atom is 0.223 e. The number of nitrogens with zero attached hydrogens (tertiary/aromatic N) is 4. The standard InChI is InChI=1S/C22H26N4O2/c1-15(18-12-23-26(2)13-18)20-24-25-21(28-20)17-8-22(9-17)10-19(11-22)27-14-16-6-4-3-5-7-16/h3-7,12-13,15,17,19H,8-11,14H2,1-2H3. The molecule has 0 saturated heterocycles. The fourth-order valence-corrected chi connectivity index (χ4v) is 4.70. The lowest BCUT2D eigenvalue weighted by Crippen LogP contribution is -2.50. The van der Waals surface area contributed by atoms with Gasteiger partial charge in [0.25, 0.3) is 0 Å². The average molecular weight is 378 g/mol. The zero-order valence-electron chi connectivity index (χ0n) is 16.4. The predicted octanol–water partition coefficient (Wildman–Crippen LogP) is 4.20. The zero-order chi connectivity index (χ0) is 19.1. The van der Waals surface area contributed by atoms with E-state index in [9.17, 15) is 0 Å². The molecule has 0 amide bonds. The van der Waals surface area contributed by atoms with Gasteiger partial charge in [-0.3, -0.25) is 4.68 Å². The van der Waals surface area contributed by atoms with Gasteiger partial charge in [0.1, 0.15) is 0 Å². The Hall–Kier alpha value is -2.47. The summed E-state index contributed by atoms with van der Waals surface area (Å²) in [6.07, 6.45) is 8.84. The minimum atomic E-state index is 0.0726. The smallest absolute Gasteiger partial charge is 0.223 e. The Morgan fingerprint density at radius 2 is 1.96 bits per heavy atom. The van der Waals surface area contributed by atoms with E-state index in [0.29, 0.717) is 29.9 Å². The minimum Gasteiger partial charge on any atom is -0.424 e. The van der Waals surface area contributed by atoms with Gasteiger partial charge in [-0.25, -0.2) is 0 Å². The molecule has 0 aliphatic heterocycles. The Morgan fingerprint density at radius 1 is 1.18 bits per heavy atom. The molecule has 0 bridgehead atoms. The molecular weight excluding hydrogens is 352 g/mol. The third-order valence-corrected chi connectivity index (χ3v) is 6.41. The van der Waals surface area contributed by atoms with Crippen molar-refractivity contribution in [3.05, 3.63) is 65.6 Å². The molecule has 5 rings (SSSR count). The number of hydrogen-bond donors (Lipinski definition) is 0. The van der Waals surface area contributed by atoms with Crippen molar-refractivity contribution in [3.63, 3.8) is 0 Å². The molecule has 1 spiro atoms. The van der Waals surface area contributed by atoms with Crippen molar-refractivity contribution >= 4 is 0 Å². The topological polar surface area (TPSA) is 66.0 Å². The second kappa shape index (κ2) is 6.85. The number of ether oxygens (including phenoxy) is 1. The number of hydrogen-bond acceptors (Lipinski definition) is 5. The van der Waals surface area contributed by atoms with E-state index in [1.165, 1.54) is 5.56 Å². The lowest BCUT2D eigenvalue weighted by atomic mass is 9.50. The molecule has 146 valence electrons. The lowest BCUT2D eigenvalue weighted by Gasteiger charge is -2.56. The number of aryl methyl sites for hydroxylation is 1. The summed E-state index contributed by atoms with van der Waals surface area (Å²) in [4.78, 5) is 0. The Labute approximate surface area is 164 Å². The number of aromatic nitrogens is 4. The van der Waals surface area contributed by atoms with Gasteiger partial charge in [-0.2, -0.15) is 5.10 Å². The second-order valence-electron chi connectivity index (χ2n) is 8.58. The Balaban J connectivity index is 1.12. The number of rotatable bonds is 6. The van der Waals surface area contributed by atoms with Crippen molar-refractivity contribution in [3.8, 4) is 0 Å². The monoisotopic (exact) mass is 378 g/mol. The van der Waals surface area contributed by atoms with Crippen LogP contribution in [0.15, 0.2) is 47.1 Å². The van der Waals surface area contributed by atoms with Gasteiger partial charge in [-0.05, 0) is 43.6 Å². The zero-order valence-corrected chi connectivity index (χ0v) is 16.4. The first-order valence-corrected chi connectivity index (χ1v) is 10.1. The molecule has 2 aliphatic rings. The summed E-state index contributed by atoms with van der Waals surface area (Å²) in [6, 6.07) is 10.4. The Bertz CT molecular complexity index is 934. The highest BCUT2D eigenvalue weighted by Gasteiger charge is 2.55. The molecule has 2 aliphatic carbocycles. The van der Waals surface area contributed by atoms with Crippen LogP contribution < -0.4 is 0 Å². The third kappa shape index (κ3) is 3.26. The van der Waals surface area contributed by atoms with Gasteiger partial charge in [-0.1, -0.05) is 30.3 Å². The highest BCUT2D eigenvalue weighted by molar-refractivity contribution is 5.18. The minimum absolute atomic E-state index is 0.0726. The van der Waals surface area contributed by atoms with Crippen LogP contribution in [0.25, 0.3) is 0 Å². The fourth-order valence-electron chi connectivity index (χ4n) is 4.70. The summed E-state index contributed by atoms with van der Waals surface area (Å²) >= 11 is 0. The van der Waals surface area contributed by atoms with Crippen LogP contribution >= 0.6 is 0 Å². The SMILES string of the molecule is CC(c1cnn(C)c1)c1nnc(C2CC3(CC(OCc4ccccc4)C3)C2)o1. The van der Waals surface area contributed by atoms with Crippen LogP contribution in [-0.2, 0) is 18.4 Å². The van der Waals surface area contributed by atoms with Crippen molar-refractivity contribution in [1.29, 1.82) is 0 Å². The van der Waals surface area contributed by atoms with E-state index in [2.05, 4.69) is 46.5 Å². The van der Waals surface area contributed by atoms with Crippen molar-refractivity contribution in [2.45, 2.75) is 57.2 Å². The summed E-state index contributed by atoms with van der Waals surface area (Å²) < 4.78 is 13.9. The molecule has 1 unspecified atom stereocenters. The van der Waals surface area contributed by atoms with E-state index in [-0.39, 0.29) is 5.92 Å². The molecular formula is C22H26N4O2. The summed E-state index contributed by atoms with van der Waals surface area (Å²) in [5.74, 6) is 1.95. The maximum absolute atomic E-state index is 6.06. The molecule has 2 heterocycles. The molecule has 3 aromatic rings. The summed E-state index contributed by atoms with van der Waals surface area (Å²) in [6.45, 7) is 2.79. The van der Waals surface area contributed by atoms with Crippen molar-refractivity contribution in [2.24, 2.45) is 12.5 Å². The highest BCUT2D eigenvalue weighted by atomic mass is 16.5. The largest absolute Gasteiger partial charge is 0.424 e. The van der Waals surface area contributed by atoms with Crippen LogP contribution in [0.4, 0.5) is 0 Å². The van der Waals surface area contributed by atoms with E-state index >= 15 is 0 Å². The molecule has 2 fully saturated rings. The first kappa shape index (κ1) is 17.6. The van der Waals surface area contributed by atoms with E-state index in [0.717, 1.165) is 37.1 Å². The van der Waals surface area contributed by atoms with E-state index < -0.39 is 0 Å². The maximum atomic E-state index is 6.06. The van der Waals surface area contributed by atoms with Crippen LogP contribution in [-0.4, -0.2) is 26.1 Å². The first-order valence-electron chi connectivity index (χ1n) is 10.1. The molecule has 1 atom stereocenters. The number of benzene rings is 1. The predicted molar refractivity (Wildman–Crippen MR) is 104 cm³/mol. The Morgan fingerprint density at radius 3 is 2.68 bits per heavy atom. The molecule has 6 heteroatoms. The lowest BCUT2D eigenvalue weighted by molar-refractivity contribution is -0.133. The van der Waals surface area contributed by atoms with Gasteiger partial charge >= 0.3 is 0 Å². The van der Waals surface area contributed by atoms with E-state index in [4.69, 9.17) is 9.15 Å². The van der Waals surface area contributed by atoms with Gasteiger partial charge in [0.05, 0.1) is 24.8 Å². The Kier molecular flexibility index (Phi) is 4.31. The van der Waals surface area contributed by atoms with Crippen LogP contribution in [0.5, 0.6) is 0 Å². The van der Waals surface area contributed by atoms with Gasteiger partial charge in [-0.15, -0.1) is 10.2 Å². The summed E-state index contributed by atoms with van der Waals surface area (Å²) in [7, 11) is 1.92. The molecule has 28 heavy (non-hydrogen) atoms. The van der Waals surface area contributed by atoms with Crippen LogP contribution in [0.2, 0.25) is 0 Å². The normalized spacial score (nSPS) is 27.4. The molecule has 2 saturated carbocycles. The van der Waals surface area contributed by atoms with Gasteiger partial charge in [0.2, 0.25) is 11.8 Å². The van der Waals surface area contributed by atoms with Gasteiger partial charge in [0, 0.05) is 24.7 Å². The van der Waals surface area contributed by atoms with Crippen LogP contribution in [0, 0.1) is 5.41 Å². The third-order valence-electron chi connectivity index (χ3n) is 6.41. The molecule has 2 aromatic heterocycles. The molecule has 0 radical (unpaired) electrons. The molecule has 0 N–H and O–H groups in total. The summed E-state index contributed by atoms with van der Waals surface area (Å²) in [5.41, 5.74) is 2.78.